The van der Waals surface area contributed by atoms with Crippen molar-refractivity contribution < 1.29 is 14.6 Å². The number of hydrogen-bond donors (Lipinski definition) is 1. The van der Waals surface area contributed by atoms with Gasteiger partial charge in [0, 0.05) is 33.3 Å². The maximum atomic E-state index is 12.8. The first-order valence-electron chi connectivity index (χ1n) is 11.4. The molecule has 1 aromatic carbocycles. The van der Waals surface area contributed by atoms with Crippen molar-refractivity contribution in [3.8, 4) is 0 Å². The molecule has 0 bridgehead atoms. The number of hydrogen-bond acceptors (Lipinski definition) is 3. The molecule has 160 valence electrons. The van der Waals surface area contributed by atoms with Crippen molar-refractivity contribution in [3.63, 3.8) is 0 Å². The second kappa shape index (κ2) is 9.05. The standard InChI is InChI=1S/C24H36N2O3/c1-29-18-24(10-7-20-17-22(20)19-5-3-2-4-6-19)11-15-26(16-12-24)23(28)25-13-8-21(27)9-14-25/h2-6,20-22,27H,7-18H2,1H3/t20-,22?/m1/s1. The number of urea groups is 1. The number of carbonyl (C=O) groups excluding carboxylic acids is 1. The average molecular weight is 401 g/mol. The minimum Gasteiger partial charge on any atom is -0.393 e. The van der Waals surface area contributed by atoms with Gasteiger partial charge in [0.05, 0.1) is 12.7 Å². The summed E-state index contributed by atoms with van der Waals surface area (Å²) in [5, 5.41) is 9.68. The second-order valence-corrected chi connectivity index (χ2v) is 9.47. The van der Waals surface area contributed by atoms with Crippen molar-refractivity contribution in [1.29, 1.82) is 0 Å². The zero-order valence-electron chi connectivity index (χ0n) is 17.8. The highest BCUT2D eigenvalue weighted by Gasteiger charge is 2.42. The second-order valence-electron chi connectivity index (χ2n) is 9.47. The first-order valence-corrected chi connectivity index (χ1v) is 11.4. The van der Waals surface area contributed by atoms with Gasteiger partial charge >= 0.3 is 6.03 Å². The van der Waals surface area contributed by atoms with Crippen molar-refractivity contribution >= 4 is 6.03 Å². The maximum Gasteiger partial charge on any atom is 0.320 e. The number of likely N-dealkylation sites (tertiary alicyclic amines) is 2. The third kappa shape index (κ3) is 4.95. The van der Waals surface area contributed by atoms with E-state index in [1.54, 1.807) is 0 Å². The number of aliphatic hydroxyl groups excluding tert-OH is 1. The first kappa shape index (κ1) is 20.7. The summed E-state index contributed by atoms with van der Waals surface area (Å²) >= 11 is 0. The molecule has 1 saturated carbocycles. The van der Waals surface area contributed by atoms with Crippen molar-refractivity contribution in [2.45, 2.75) is 57.0 Å². The third-order valence-electron chi connectivity index (χ3n) is 7.48. The molecule has 2 saturated heterocycles. The minimum absolute atomic E-state index is 0.161. The van der Waals surface area contributed by atoms with Gasteiger partial charge in [-0.25, -0.2) is 4.79 Å². The van der Waals surface area contributed by atoms with Gasteiger partial charge in [0.2, 0.25) is 0 Å². The summed E-state index contributed by atoms with van der Waals surface area (Å²) < 4.78 is 5.63. The van der Waals surface area contributed by atoms with Gasteiger partial charge in [-0.15, -0.1) is 0 Å². The quantitative estimate of drug-likeness (QED) is 0.789. The molecule has 1 N–H and O–H groups in total. The molecule has 0 spiro atoms. The number of rotatable bonds is 6. The highest BCUT2D eigenvalue weighted by Crippen LogP contribution is 2.52. The van der Waals surface area contributed by atoms with Gasteiger partial charge in [-0.2, -0.15) is 0 Å². The van der Waals surface area contributed by atoms with Crippen molar-refractivity contribution in [1.82, 2.24) is 9.80 Å². The highest BCUT2D eigenvalue weighted by atomic mass is 16.5. The lowest BCUT2D eigenvalue weighted by Crippen LogP contribution is -2.52. The number of nitrogens with zero attached hydrogens (tertiary/aromatic N) is 2. The van der Waals surface area contributed by atoms with Crippen LogP contribution in [0.25, 0.3) is 0 Å². The van der Waals surface area contributed by atoms with Crippen LogP contribution >= 0.6 is 0 Å². The Morgan fingerprint density at radius 1 is 1.10 bits per heavy atom. The molecule has 2 aliphatic heterocycles. The largest absolute Gasteiger partial charge is 0.393 e. The molecule has 0 radical (unpaired) electrons. The molecule has 4 rings (SSSR count). The summed E-state index contributed by atoms with van der Waals surface area (Å²) in [4.78, 5) is 16.8. The molecule has 3 fully saturated rings. The minimum atomic E-state index is -0.239. The van der Waals surface area contributed by atoms with Gasteiger partial charge in [-0.1, -0.05) is 30.3 Å². The van der Waals surface area contributed by atoms with E-state index in [9.17, 15) is 9.90 Å². The monoisotopic (exact) mass is 400 g/mol. The summed E-state index contributed by atoms with van der Waals surface area (Å²) in [7, 11) is 1.81. The predicted octanol–water partition coefficient (Wildman–Crippen LogP) is 3.88. The topological polar surface area (TPSA) is 53.0 Å². The van der Waals surface area contributed by atoms with Crippen molar-refractivity contribution in [2.75, 3.05) is 39.9 Å². The lowest BCUT2D eigenvalue weighted by atomic mass is 9.75. The Hall–Kier alpha value is -1.59. The van der Waals surface area contributed by atoms with E-state index in [-0.39, 0.29) is 17.6 Å². The number of amides is 2. The van der Waals surface area contributed by atoms with E-state index >= 15 is 0 Å². The number of ether oxygens (including phenoxy) is 1. The number of aliphatic hydroxyl groups is 1. The molecular weight excluding hydrogens is 364 g/mol. The molecule has 2 atom stereocenters. The van der Waals surface area contributed by atoms with Crippen LogP contribution in [0.15, 0.2) is 30.3 Å². The van der Waals surface area contributed by atoms with E-state index in [0.717, 1.165) is 44.4 Å². The van der Waals surface area contributed by atoms with Crippen LogP contribution in [0.3, 0.4) is 0 Å². The normalized spacial score (nSPS) is 27.1. The smallest absolute Gasteiger partial charge is 0.320 e. The Kier molecular flexibility index (Phi) is 6.45. The first-order chi connectivity index (χ1) is 14.1. The summed E-state index contributed by atoms with van der Waals surface area (Å²) in [5.41, 5.74) is 1.71. The summed E-state index contributed by atoms with van der Waals surface area (Å²) in [5.74, 6) is 1.55. The molecule has 5 nitrogen and oxygen atoms in total. The molecule has 1 aromatic rings. The van der Waals surface area contributed by atoms with Gasteiger partial charge in [0.1, 0.15) is 0 Å². The zero-order chi connectivity index (χ0) is 20.3. The number of methoxy groups -OCH3 is 1. The molecular formula is C24H36N2O3. The van der Waals surface area contributed by atoms with Crippen LogP contribution in [0.5, 0.6) is 0 Å². The molecule has 1 unspecified atom stereocenters. The van der Waals surface area contributed by atoms with Crippen LogP contribution in [0.2, 0.25) is 0 Å². The maximum absolute atomic E-state index is 12.8. The Labute approximate surface area is 175 Å². The molecule has 5 heteroatoms. The summed E-state index contributed by atoms with van der Waals surface area (Å²) in [6.45, 7) is 3.82. The van der Waals surface area contributed by atoms with Gasteiger partial charge < -0.3 is 19.6 Å². The van der Waals surface area contributed by atoms with Crippen molar-refractivity contribution in [2.24, 2.45) is 11.3 Å². The molecule has 3 aliphatic rings. The van der Waals surface area contributed by atoms with Gasteiger partial charge in [0.15, 0.2) is 0 Å². The Morgan fingerprint density at radius 3 is 2.41 bits per heavy atom. The SMILES string of the molecule is COCC1(CC[C@@H]2CC2c2ccccc2)CCN(C(=O)N2CCC(O)CC2)CC1. The fourth-order valence-electron chi connectivity index (χ4n) is 5.37. The third-order valence-corrected chi connectivity index (χ3v) is 7.48. The van der Waals surface area contributed by atoms with Crippen LogP contribution in [0.1, 0.15) is 56.4 Å². The Morgan fingerprint density at radius 2 is 1.76 bits per heavy atom. The number of benzene rings is 1. The molecule has 2 heterocycles. The fraction of sp³-hybridized carbons (Fsp3) is 0.708. The van der Waals surface area contributed by atoms with Crippen LogP contribution in [0, 0.1) is 11.3 Å². The highest BCUT2D eigenvalue weighted by molar-refractivity contribution is 5.74. The lowest BCUT2D eigenvalue weighted by Gasteiger charge is -2.43. The van der Waals surface area contributed by atoms with Crippen LogP contribution < -0.4 is 0 Å². The fourth-order valence-corrected chi connectivity index (χ4v) is 5.37. The number of piperidine rings is 2. The Bertz CT molecular complexity index is 664. The lowest BCUT2D eigenvalue weighted by molar-refractivity contribution is 0.0144. The van der Waals surface area contributed by atoms with Crippen molar-refractivity contribution in [3.05, 3.63) is 35.9 Å². The van der Waals surface area contributed by atoms with Crippen LogP contribution in [-0.2, 0) is 4.74 Å². The van der Waals surface area contributed by atoms with Crippen LogP contribution in [0.4, 0.5) is 4.79 Å². The van der Waals surface area contributed by atoms with E-state index in [0.29, 0.717) is 25.9 Å². The molecule has 29 heavy (non-hydrogen) atoms. The predicted molar refractivity (Wildman–Crippen MR) is 114 cm³/mol. The Balaban J connectivity index is 1.27. The van der Waals surface area contributed by atoms with Crippen LogP contribution in [-0.4, -0.2) is 66.9 Å². The van der Waals surface area contributed by atoms with Gasteiger partial charge in [0.25, 0.3) is 0 Å². The summed E-state index contributed by atoms with van der Waals surface area (Å²) in [6.07, 6.45) is 7.02. The van der Waals surface area contributed by atoms with E-state index in [2.05, 4.69) is 30.3 Å². The molecule has 1 aliphatic carbocycles. The summed E-state index contributed by atoms with van der Waals surface area (Å²) in [6, 6.07) is 11.1. The molecule has 2 amide bonds. The van der Waals surface area contributed by atoms with E-state index < -0.39 is 0 Å². The molecule has 0 aromatic heterocycles. The van der Waals surface area contributed by atoms with Gasteiger partial charge in [-0.3, -0.25) is 0 Å². The van der Waals surface area contributed by atoms with Gasteiger partial charge in [-0.05, 0) is 67.8 Å². The van der Waals surface area contributed by atoms with E-state index in [4.69, 9.17) is 4.74 Å². The average Bonchev–Trinajstić information content (AvgIpc) is 3.54. The zero-order valence-corrected chi connectivity index (χ0v) is 17.8. The van der Waals surface area contributed by atoms with E-state index in [1.807, 2.05) is 16.9 Å². The van der Waals surface area contributed by atoms with E-state index in [1.165, 1.54) is 24.8 Å². The number of carbonyl (C=O) groups is 1.